The van der Waals surface area contributed by atoms with E-state index in [-0.39, 0.29) is 5.02 Å². The maximum Gasteiger partial charge on any atom is 0.306 e. The Kier molecular flexibility index (Phi) is 3.73. The van der Waals surface area contributed by atoms with Gasteiger partial charge in [0, 0.05) is 10.7 Å². The molecule has 0 amide bonds. The topological polar surface area (TPSA) is 77.5 Å². The van der Waals surface area contributed by atoms with E-state index in [1.165, 1.54) is 12.1 Å². The third-order valence-electron chi connectivity index (χ3n) is 1.43. The first kappa shape index (κ1) is 13.6. The van der Waals surface area contributed by atoms with Crippen LogP contribution in [0.4, 0.5) is 0 Å². The maximum absolute atomic E-state index is 11.1. The molecule has 1 rings (SSSR count). The molecule has 16 heavy (non-hydrogen) atoms. The molecule has 0 N–H and O–H groups in total. The van der Waals surface area contributed by atoms with Crippen molar-refractivity contribution in [1.29, 1.82) is 0 Å². The van der Waals surface area contributed by atoms with Gasteiger partial charge in [0.1, 0.15) is 4.90 Å². The van der Waals surface area contributed by atoms with Gasteiger partial charge in [-0.05, 0) is 12.1 Å². The van der Waals surface area contributed by atoms with Crippen LogP contribution < -0.4 is 4.18 Å². The summed E-state index contributed by atoms with van der Waals surface area (Å²) >= 11 is 5.63. The molecule has 0 radical (unpaired) electrons. The second-order valence-electron chi connectivity index (χ2n) is 2.79. The van der Waals surface area contributed by atoms with Crippen molar-refractivity contribution in [3.63, 3.8) is 0 Å². The van der Waals surface area contributed by atoms with Crippen LogP contribution in [0.5, 0.6) is 5.75 Å². The number of halogens is 2. The van der Waals surface area contributed by atoms with Gasteiger partial charge < -0.3 is 4.18 Å². The van der Waals surface area contributed by atoms with Gasteiger partial charge in [-0.3, -0.25) is 0 Å². The van der Waals surface area contributed by atoms with Crippen molar-refractivity contribution in [3.05, 3.63) is 23.2 Å². The van der Waals surface area contributed by atoms with Crippen LogP contribution in [0.2, 0.25) is 5.02 Å². The van der Waals surface area contributed by atoms with Crippen molar-refractivity contribution in [3.8, 4) is 5.75 Å². The van der Waals surface area contributed by atoms with Gasteiger partial charge in [-0.2, -0.15) is 8.42 Å². The zero-order valence-corrected chi connectivity index (χ0v) is 11.0. The van der Waals surface area contributed by atoms with E-state index in [1.807, 2.05) is 0 Å². The molecular weight excluding hydrogens is 299 g/mol. The summed E-state index contributed by atoms with van der Waals surface area (Å²) < 4.78 is 48.5. The Bertz CT molecular complexity index is 606. The van der Waals surface area contributed by atoms with Crippen LogP contribution in [0.25, 0.3) is 0 Å². The van der Waals surface area contributed by atoms with Crippen LogP contribution in [0.3, 0.4) is 0 Å². The lowest BCUT2D eigenvalue weighted by molar-refractivity contribution is 0.486. The van der Waals surface area contributed by atoms with Crippen LogP contribution in [0, 0.1) is 0 Å². The van der Waals surface area contributed by atoms with Gasteiger partial charge in [-0.1, -0.05) is 17.7 Å². The fourth-order valence-corrected chi connectivity index (χ4v) is 2.74. The summed E-state index contributed by atoms with van der Waals surface area (Å²) in [5.41, 5.74) is 0. The number of rotatable bonds is 3. The summed E-state index contributed by atoms with van der Waals surface area (Å²) in [4.78, 5) is -0.493. The summed E-state index contributed by atoms with van der Waals surface area (Å²) in [5.74, 6) is -0.498. The van der Waals surface area contributed by atoms with E-state index in [1.54, 1.807) is 0 Å². The summed E-state index contributed by atoms with van der Waals surface area (Å²) in [5, 5.41) is -0.160. The van der Waals surface area contributed by atoms with Crippen LogP contribution in [-0.4, -0.2) is 23.1 Å². The van der Waals surface area contributed by atoms with Gasteiger partial charge in [-0.25, -0.2) is 8.42 Å². The second kappa shape index (κ2) is 4.40. The highest BCUT2D eigenvalue weighted by Gasteiger charge is 2.22. The Morgan fingerprint density at radius 2 is 1.75 bits per heavy atom. The minimum absolute atomic E-state index is 0.160. The molecular formula is C7H6Cl2O5S2. The van der Waals surface area contributed by atoms with Gasteiger partial charge in [0.25, 0.3) is 9.05 Å². The summed E-state index contributed by atoms with van der Waals surface area (Å²) in [6.45, 7) is 0. The maximum atomic E-state index is 11.1. The molecule has 0 unspecified atom stereocenters. The number of para-hydroxylation sites is 1. The van der Waals surface area contributed by atoms with Crippen molar-refractivity contribution in [2.45, 2.75) is 4.90 Å². The van der Waals surface area contributed by atoms with Gasteiger partial charge in [0.15, 0.2) is 5.75 Å². The van der Waals surface area contributed by atoms with Gasteiger partial charge >= 0.3 is 10.1 Å². The second-order valence-corrected chi connectivity index (χ2v) is 7.31. The van der Waals surface area contributed by atoms with Gasteiger partial charge in [0.2, 0.25) is 0 Å². The lowest BCUT2D eigenvalue weighted by atomic mass is 10.3. The fraction of sp³-hybridized carbons (Fsp3) is 0.143. The van der Waals surface area contributed by atoms with E-state index in [0.29, 0.717) is 0 Å². The van der Waals surface area contributed by atoms with Crippen LogP contribution >= 0.6 is 22.3 Å². The van der Waals surface area contributed by atoms with Crippen molar-refractivity contribution in [1.82, 2.24) is 0 Å². The molecule has 0 bridgehead atoms. The molecule has 0 heterocycles. The minimum atomic E-state index is -4.13. The highest BCUT2D eigenvalue weighted by atomic mass is 35.7. The Balaban J connectivity index is 3.48. The first-order valence-corrected chi connectivity index (χ1v) is 8.24. The molecule has 9 heteroatoms. The largest absolute Gasteiger partial charge is 0.380 e. The Labute approximate surface area is 102 Å². The number of hydrogen-bond acceptors (Lipinski definition) is 5. The molecule has 0 aliphatic carbocycles. The molecule has 1 aromatic rings. The third kappa shape index (κ3) is 3.51. The first-order chi connectivity index (χ1) is 7.11. The monoisotopic (exact) mass is 304 g/mol. The quantitative estimate of drug-likeness (QED) is 0.626. The van der Waals surface area contributed by atoms with Crippen molar-refractivity contribution in [2.24, 2.45) is 0 Å². The smallest absolute Gasteiger partial charge is 0.306 e. The van der Waals surface area contributed by atoms with Crippen molar-refractivity contribution >= 4 is 41.5 Å². The Hall–Kier alpha value is -0.500. The van der Waals surface area contributed by atoms with Crippen LogP contribution in [0.15, 0.2) is 23.1 Å². The summed E-state index contributed by atoms with van der Waals surface area (Å²) in [6.07, 6.45) is 0.765. The lowest BCUT2D eigenvalue weighted by Gasteiger charge is -2.08. The van der Waals surface area contributed by atoms with Crippen LogP contribution in [-0.2, 0) is 19.2 Å². The lowest BCUT2D eigenvalue weighted by Crippen LogP contribution is -2.08. The molecule has 1 aromatic carbocycles. The summed E-state index contributed by atoms with van der Waals surface area (Å²) in [6, 6.07) is 3.69. The van der Waals surface area contributed by atoms with E-state index in [4.69, 9.17) is 22.3 Å². The van der Waals surface area contributed by atoms with E-state index in [9.17, 15) is 16.8 Å². The molecule has 0 saturated heterocycles. The zero-order valence-electron chi connectivity index (χ0n) is 7.85. The van der Waals surface area contributed by atoms with E-state index in [0.717, 1.165) is 12.3 Å². The van der Waals surface area contributed by atoms with E-state index in [2.05, 4.69) is 4.18 Å². The Morgan fingerprint density at radius 1 is 1.19 bits per heavy atom. The molecule has 5 nitrogen and oxygen atoms in total. The molecule has 0 spiro atoms. The van der Waals surface area contributed by atoms with Crippen LogP contribution in [0.1, 0.15) is 0 Å². The summed E-state index contributed by atoms with van der Waals surface area (Å²) in [7, 11) is -2.92. The average molecular weight is 305 g/mol. The van der Waals surface area contributed by atoms with Crippen molar-refractivity contribution < 1.29 is 21.0 Å². The molecule has 0 aromatic heterocycles. The van der Waals surface area contributed by atoms with Crippen molar-refractivity contribution in [2.75, 3.05) is 6.26 Å². The number of hydrogen-bond donors (Lipinski definition) is 0. The SMILES string of the molecule is CS(=O)(=O)Oc1c(Cl)cccc1S(=O)(=O)Cl. The Morgan fingerprint density at radius 3 is 2.19 bits per heavy atom. The van der Waals surface area contributed by atoms with E-state index < -0.39 is 29.8 Å². The normalized spacial score (nSPS) is 12.4. The molecule has 90 valence electrons. The van der Waals surface area contributed by atoms with E-state index >= 15 is 0 Å². The molecule has 0 saturated carbocycles. The standard InChI is InChI=1S/C7H6Cl2O5S2/c1-15(10,11)14-7-5(8)3-2-4-6(7)16(9,12)13/h2-4H,1H3. The van der Waals surface area contributed by atoms with Gasteiger partial charge in [-0.15, -0.1) is 0 Å². The molecule has 0 aliphatic heterocycles. The fourth-order valence-electron chi connectivity index (χ4n) is 0.913. The number of benzene rings is 1. The first-order valence-electron chi connectivity index (χ1n) is 3.74. The predicted octanol–water partition coefficient (Wildman–Crippen LogP) is 1.61. The molecule has 0 fully saturated rings. The molecule has 0 atom stereocenters. The predicted molar refractivity (Wildman–Crippen MR) is 60.0 cm³/mol. The average Bonchev–Trinajstić information content (AvgIpc) is 2.04. The highest BCUT2D eigenvalue weighted by Crippen LogP contribution is 2.34. The van der Waals surface area contributed by atoms with Gasteiger partial charge in [0.05, 0.1) is 11.3 Å². The third-order valence-corrected chi connectivity index (χ3v) is 3.54. The molecule has 0 aliphatic rings. The highest BCUT2D eigenvalue weighted by molar-refractivity contribution is 8.13. The minimum Gasteiger partial charge on any atom is -0.380 e. The zero-order chi connectivity index (χ0) is 12.6.